The first-order chi connectivity index (χ1) is 16.7. The monoisotopic (exact) mass is 485 g/mol. The summed E-state index contributed by atoms with van der Waals surface area (Å²) in [7, 11) is 0. The van der Waals surface area contributed by atoms with Crippen LogP contribution in [0.4, 0.5) is 18.9 Å². The highest BCUT2D eigenvalue weighted by Gasteiger charge is 2.23. The molecule has 0 radical (unpaired) electrons. The lowest BCUT2D eigenvalue weighted by Crippen LogP contribution is -2.31. The first-order valence-corrected chi connectivity index (χ1v) is 11.1. The highest BCUT2D eigenvalue weighted by Crippen LogP contribution is 2.30. The second-order valence-electron chi connectivity index (χ2n) is 7.87. The Balaban J connectivity index is 1.84. The van der Waals surface area contributed by atoms with Crippen molar-refractivity contribution in [2.24, 2.45) is 0 Å². The molecule has 5 nitrogen and oxygen atoms in total. The Hall–Kier alpha value is -3.81. The Morgan fingerprint density at radius 3 is 2.17 bits per heavy atom. The molecule has 1 amide bonds. The molecule has 3 aromatic rings. The van der Waals surface area contributed by atoms with Gasteiger partial charge in [-0.3, -0.25) is 9.59 Å². The lowest BCUT2D eigenvalue weighted by atomic mass is 10.0. The number of ether oxygens (including phenoxy) is 2. The van der Waals surface area contributed by atoms with Gasteiger partial charge in [-0.15, -0.1) is 0 Å². The van der Waals surface area contributed by atoms with E-state index >= 15 is 4.39 Å². The van der Waals surface area contributed by atoms with E-state index in [1.54, 1.807) is 25.1 Å². The summed E-state index contributed by atoms with van der Waals surface area (Å²) in [6.07, 6.45) is -3.55. The van der Waals surface area contributed by atoms with Crippen LogP contribution in [0.2, 0.25) is 0 Å². The van der Waals surface area contributed by atoms with Crippen LogP contribution < -0.4 is 9.64 Å². The van der Waals surface area contributed by atoms with Gasteiger partial charge < -0.3 is 14.4 Å². The van der Waals surface area contributed by atoms with Crippen LogP contribution in [0, 0.1) is 5.82 Å². The normalized spacial score (nSPS) is 11.1. The van der Waals surface area contributed by atoms with Gasteiger partial charge in [0.15, 0.2) is 0 Å². The van der Waals surface area contributed by atoms with Crippen LogP contribution in [0.15, 0.2) is 72.8 Å². The van der Waals surface area contributed by atoms with Gasteiger partial charge >= 0.3 is 12.1 Å². The van der Waals surface area contributed by atoms with Crippen molar-refractivity contribution >= 4 is 17.6 Å². The molecule has 8 heteroatoms. The minimum Gasteiger partial charge on any atom is -0.466 e. The van der Waals surface area contributed by atoms with Gasteiger partial charge in [-0.2, -0.15) is 8.78 Å². The van der Waals surface area contributed by atoms with Crippen LogP contribution in [0.3, 0.4) is 0 Å². The molecule has 0 unspecified atom stereocenters. The Morgan fingerprint density at radius 1 is 0.914 bits per heavy atom. The zero-order chi connectivity index (χ0) is 25.4. The van der Waals surface area contributed by atoms with Crippen molar-refractivity contribution in [2.75, 3.05) is 11.5 Å². The number of hydrogen-bond donors (Lipinski definition) is 0. The molecule has 0 aromatic heterocycles. The van der Waals surface area contributed by atoms with Crippen molar-refractivity contribution in [2.45, 2.75) is 39.3 Å². The molecular formula is C27H26F3NO4. The highest BCUT2D eigenvalue weighted by atomic mass is 19.3. The summed E-state index contributed by atoms with van der Waals surface area (Å²) in [5, 5.41) is 0. The molecule has 0 saturated carbocycles. The summed E-state index contributed by atoms with van der Waals surface area (Å²) in [5.74, 6) is -1.57. The average Bonchev–Trinajstić information content (AvgIpc) is 2.81. The van der Waals surface area contributed by atoms with Crippen LogP contribution in [0.5, 0.6) is 5.75 Å². The second-order valence-corrected chi connectivity index (χ2v) is 7.87. The number of esters is 1. The van der Waals surface area contributed by atoms with E-state index in [0.29, 0.717) is 18.1 Å². The summed E-state index contributed by atoms with van der Waals surface area (Å²) in [5.41, 5.74) is 1.95. The van der Waals surface area contributed by atoms with E-state index in [0.717, 1.165) is 5.56 Å². The number of nitrogens with zero attached hydrogens (tertiary/aromatic N) is 1. The maximum atomic E-state index is 15.3. The van der Waals surface area contributed by atoms with Gasteiger partial charge in [-0.25, -0.2) is 4.39 Å². The van der Waals surface area contributed by atoms with E-state index in [9.17, 15) is 18.4 Å². The van der Waals surface area contributed by atoms with Gasteiger partial charge in [0.25, 0.3) is 0 Å². The van der Waals surface area contributed by atoms with E-state index < -0.39 is 23.8 Å². The number of anilines is 1. The van der Waals surface area contributed by atoms with E-state index in [-0.39, 0.29) is 37.4 Å². The van der Waals surface area contributed by atoms with Crippen LogP contribution in [0.1, 0.15) is 32.3 Å². The van der Waals surface area contributed by atoms with Crippen molar-refractivity contribution < 1.29 is 32.2 Å². The molecule has 0 N–H and O–H groups in total. The number of alkyl halides is 2. The van der Waals surface area contributed by atoms with Crippen molar-refractivity contribution in [3.05, 3.63) is 84.2 Å². The van der Waals surface area contributed by atoms with Crippen molar-refractivity contribution in [1.82, 2.24) is 0 Å². The predicted molar refractivity (Wildman–Crippen MR) is 127 cm³/mol. The summed E-state index contributed by atoms with van der Waals surface area (Å²) in [4.78, 5) is 26.0. The van der Waals surface area contributed by atoms with Gasteiger partial charge in [0.05, 0.1) is 25.3 Å². The first-order valence-electron chi connectivity index (χ1n) is 11.1. The number of hydrogen-bond acceptors (Lipinski definition) is 4. The number of carbonyl (C=O) groups excluding carboxylic acids is 2. The number of benzene rings is 3. The van der Waals surface area contributed by atoms with Gasteiger partial charge in [-0.05, 0) is 47.9 Å². The molecule has 3 aromatic carbocycles. The standard InChI is InChI=1S/C27H26F3NO4/c1-3-34-26(33)16-15-25(32)31(18-19-7-5-4-6-8-19)24-14-11-21(17-23(24)28)20-9-12-22(13-10-20)35-27(2,29)30/h4-14,17H,3,15-16,18H2,1-2H3. The molecule has 0 aliphatic heterocycles. The summed E-state index contributed by atoms with van der Waals surface area (Å²) in [6.45, 7) is 2.66. The van der Waals surface area contributed by atoms with Gasteiger partial charge in [0.1, 0.15) is 11.6 Å². The number of rotatable bonds is 10. The third-order valence-corrected chi connectivity index (χ3v) is 5.06. The molecule has 0 aliphatic carbocycles. The van der Waals surface area contributed by atoms with Crippen molar-refractivity contribution in [3.63, 3.8) is 0 Å². The summed E-state index contributed by atoms with van der Waals surface area (Å²) in [6, 6.07) is 19.3. The first kappa shape index (κ1) is 25.8. The van der Waals surface area contributed by atoms with Crippen molar-refractivity contribution in [1.29, 1.82) is 0 Å². The molecule has 0 fully saturated rings. The summed E-state index contributed by atoms with van der Waals surface area (Å²) < 4.78 is 50.7. The number of carbonyl (C=O) groups is 2. The fourth-order valence-electron chi connectivity index (χ4n) is 3.48. The molecule has 3 rings (SSSR count). The third kappa shape index (κ3) is 7.60. The fraction of sp³-hybridized carbons (Fsp3) is 0.259. The Bertz CT molecular complexity index is 1150. The van der Waals surface area contributed by atoms with Crippen molar-refractivity contribution in [3.8, 4) is 16.9 Å². The molecular weight excluding hydrogens is 459 g/mol. The van der Waals surface area contributed by atoms with Crippen LogP contribution in [-0.4, -0.2) is 24.6 Å². The number of halogens is 3. The smallest absolute Gasteiger partial charge is 0.394 e. The van der Waals surface area contributed by atoms with Gasteiger partial charge in [-0.1, -0.05) is 48.5 Å². The zero-order valence-corrected chi connectivity index (χ0v) is 19.5. The number of amides is 1. The van der Waals surface area contributed by atoms with E-state index in [1.165, 1.54) is 29.2 Å². The maximum Gasteiger partial charge on any atom is 0.394 e. The van der Waals surface area contributed by atoms with Crippen LogP contribution >= 0.6 is 0 Å². The van der Waals surface area contributed by atoms with Crippen LogP contribution in [0.25, 0.3) is 11.1 Å². The molecule has 184 valence electrons. The van der Waals surface area contributed by atoms with E-state index in [2.05, 4.69) is 4.74 Å². The lowest BCUT2D eigenvalue weighted by Gasteiger charge is -2.24. The largest absolute Gasteiger partial charge is 0.466 e. The molecule has 0 bridgehead atoms. The van der Waals surface area contributed by atoms with Crippen LogP contribution in [-0.2, 0) is 20.9 Å². The molecule has 0 spiro atoms. The Kier molecular flexibility index (Phi) is 8.52. The second kappa shape index (κ2) is 11.6. The SMILES string of the molecule is CCOC(=O)CCC(=O)N(Cc1ccccc1)c1ccc(-c2ccc(OC(C)(F)F)cc2)cc1F. The maximum absolute atomic E-state index is 15.3. The quantitative estimate of drug-likeness (QED) is 0.314. The minimum atomic E-state index is -3.31. The third-order valence-electron chi connectivity index (χ3n) is 5.06. The molecule has 0 heterocycles. The summed E-state index contributed by atoms with van der Waals surface area (Å²) >= 11 is 0. The Labute approximate surface area is 202 Å². The minimum absolute atomic E-state index is 0.0143. The molecule has 35 heavy (non-hydrogen) atoms. The fourth-order valence-corrected chi connectivity index (χ4v) is 3.48. The predicted octanol–water partition coefficient (Wildman–Crippen LogP) is 6.36. The van der Waals surface area contributed by atoms with E-state index in [4.69, 9.17) is 4.74 Å². The Morgan fingerprint density at radius 2 is 1.57 bits per heavy atom. The molecule has 0 aliphatic rings. The van der Waals surface area contributed by atoms with Gasteiger partial charge in [0, 0.05) is 13.3 Å². The molecule has 0 saturated heterocycles. The van der Waals surface area contributed by atoms with Gasteiger partial charge in [0.2, 0.25) is 5.91 Å². The lowest BCUT2D eigenvalue weighted by molar-refractivity contribution is -0.159. The zero-order valence-electron chi connectivity index (χ0n) is 19.5. The topological polar surface area (TPSA) is 55.8 Å². The highest BCUT2D eigenvalue weighted by molar-refractivity contribution is 5.95. The molecule has 0 atom stereocenters. The average molecular weight is 486 g/mol. The van der Waals surface area contributed by atoms with E-state index in [1.807, 2.05) is 30.3 Å².